The number of sulfonamides is 1. The van der Waals surface area contributed by atoms with Gasteiger partial charge in [-0.3, -0.25) is 9.52 Å². The first-order chi connectivity index (χ1) is 13.4. The minimum Gasteiger partial charge on any atom is -0.334 e. The van der Waals surface area contributed by atoms with Gasteiger partial charge < -0.3 is 4.90 Å². The topological polar surface area (TPSA) is 92.3 Å². The van der Waals surface area contributed by atoms with Crippen LogP contribution >= 0.6 is 11.3 Å². The van der Waals surface area contributed by atoms with Gasteiger partial charge in [-0.15, -0.1) is 10.2 Å². The van der Waals surface area contributed by atoms with Gasteiger partial charge in [0.05, 0.1) is 4.90 Å². The minimum absolute atomic E-state index is 0.0537. The summed E-state index contributed by atoms with van der Waals surface area (Å²) in [5.74, 6) is -0.0537. The third-order valence-corrected chi connectivity index (χ3v) is 6.78. The van der Waals surface area contributed by atoms with Gasteiger partial charge in [0, 0.05) is 18.7 Å². The van der Waals surface area contributed by atoms with Crippen LogP contribution in [0.1, 0.15) is 26.5 Å². The Kier molecular flexibility index (Phi) is 4.86. The normalized spacial score (nSPS) is 13.8. The van der Waals surface area contributed by atoms with Crippen molar-refractivity contribution in [3.05, 3.63) is 70.2 Å². The van der Waals surface area contributed by atoms with Crippen LogP contribution in [0.2, 0.25) is 0 Å². The summed E-state index contributed by atoms with van der Waals surface area (Å²) >= 11 is 1.17. The molecule has 1 N–H and O–H groups in total. The average molecular weight is 415 g/mol. The predicted octanol–water partition coefficient (Wildman–Crippen LogP) is 2.85. The molecule has 4 rings (SSSR count). The van der Waals surface area contributed by atoms with E-state index < -0.39 is 10.0 Å². The summed E-state index contributed by atoms with van der Waals surface area (Å²) < 4.78 is 27.8. The van der Waals surface area contributed by atoms with Crippen molar-refractivity contribution in [1.29, 1.82) is 0 Å². The molecule has 0 unspecified atom stereocenters. The molecule has 0 saturated heterocycles. The van der Waals surface area contributed by atoms with Crippen LogP contribution in [0.15, 0.2) is 53.4 Å². The highest BCUT2D eigenvalue weighted by molar-refractivity contribution is 7.93. The van der Waals surface area contributed by atoms with E-state index in [-0.39, 0.29) is 15.9 Å². The molecule has 3 aromatic rings. The maximum absolute atomic E-state index is 12.7. The van der Waals surface area contributed by atoms with E-state index in [1.807, 2.05) is 24.3 Å². The van der Waals surface area contributed by atoms with Crippen LogP contribution in [0.25, 0.3) is 0 Å². The number of amides is 1. The molecular weight excluding hydrogens is 396 g/mol. The Morgan fingerprint density at radius 2 is 1.89 bits per heavy atom. The lowest BCUT2D eigenvalue weighted by Gasteiger charge is -2.29. The van der Waals surface area contributed by atoms with E-state index in [0.717, 1.165) is 11.1 Å². The fourth-order valence-corrected chi connectivity index (χ4v) is 5.02. The molecule has 144 valence electrons. The number of hydrogen-bond donors (Lipinski definition) is 1. The van der Waals surface area contributed by atoms with Gasteiger partial charge >= 0.3 is 0 Å². The number of hydrogen-bond acceptors (Lipinski definition) is 6. The Morgan fingerprint density at radius 3 is 2.61 bits per heavy atom. The van der Waals surface area contributed by atoms with Gasteiger partial charge in [-0.1, -0.05) is 35.6 Å². The fourth-order valence-electron chi connectivity index (χ4n) is 3.15. The van der Waals surface area contributed by atoms with Crippen molar-refractivity contribution in [3.63, 3.8) is 0 Å². The number of aromatic nitrogens is 2. The van der Waals surface area contributed by atoms with Crippen LogP contribution in [-0.4, -0.2) is 36.0 Å². The van der Waals surface area contributed by atoms with Crippen LogP contribution in [0.4, 0.5) is 5.13 Å². The molecule has 2 heterocycles. The highest BCUT2D eigenvalue weighted by atomic mass is 32.2. The van der Waals surface area contributed by atoms with Crippen molar-refractivity contribution in [2.45, 2.75) is 24.8 Å². The second-order valence-corrected chi connectivity index (χ2v) is 9.37. The molecular formula is C19H18N4O3S2. The highest BCUT2D eigenvalue weighted by Gasteiger charge is 2.24. The molecule has 0 saturated carbocycles. The molecule has 1 aliphatic heterocycles. The summed E-state index contributed by atoms with van der Waals surface area (Å²) in [7, 11) is -3.77. The molecule has 0 bridgehead atoms. The molecule has 0 aliphatic carbocycles. The second-order valence-electron chi connectivity index (χ2n) is 6.50. The van der Waals surface area contributed by atoms with Crippen molar-refractivity contribution >= 4 is 32.4 Å². The van der Waals surface area contributed by atoms with Gasteiger partial charge in [0.2, 0.25) is 5.13 Å². The van der Waals surface area contributed by atoms with Crippen molar-refractivity contribution in [2.75, 3.05) is 11.3 Å². The smallest absolute Gasteiger partial charge is 0.263 e. The third kappa shape index (κ3) is 3.76. The number of anilines is 1. The quantitative estimate of drug-likeness (QED) is 0.709. The lowest BCUT2D eigenvalue weighted by molar-refractivity contribution is 0.0734. The Hall–Kier alpha value is -2.78. The van der Waals surface area contributed by atoms with Gasteiger partial charge in [-0.25, -0.2) is 8.42 Å². The van der Waals surface area contributed by atoms with E-state index in [2.05, 4.69) is 14.9 Å². The van der Waals surface area contributed by atoms with E-state index in [0.29, 0.717) is 30.1 Å². The number of nitrogens with zero attached hydrogens (tertiary/aromatic N) is 3. The first kappa shape index (κ1) is 18.6. The maximum atomic E-state index is 12.7. The summed E-state index contributed by atoms with van der Waals surface area (Å²) in [5, 5.41) is 8.54. The maximum Gasteiger partial charge on any atom is 0.263 e. The van der Waals surface area contributed by atoms with Crippen LogP contribution in [0.5, 0.6) is 0 Å². The van der Waals surface area contributed by atoms with E-state index in [1.165, 1.54) is 11.3 Å². The van der Waals surface area contributed by atoms with Crippen molar-refractivity contribution in [2.24, 2.45) is 0 Å². The van der Waals surface area contributed by atoms with Gasteiger partial charge in [-0.05, 0) is 48.7 Å². The first-order valence-electron chi connectivity index (χ1n) is 8.71. The largest absolute Gasteiger partial charge is 0.334 e. The Morgan fingerprint density at radius 1 is 1.11 bits per heavy atom. The second kappa shape index (κ2) is 7.33. The number of rotatable bonds is 4. The van der Waals surface area contributed by atoms with Crippen molar-refractivity contribution in [3.8, 4) is 0 Å². The van der Waals surface area contributed by atoms with Gasteiger partial charge in [0.15, 0.2) is 0 Å². The molecule has 0 radical (unpaired) electrons. The van der Waals surface area contributed by atoms with Crippen LogP contribution < -0.4 is 4.72 Å². The SMILES string of the molecule is Cc1nnc(NS(=O)(=O)c2ccc3c(c2)CN(C(=O)c2ccccc2)CC3)s1. The van der Waals surface area contributed by atoms with Crippen LogP contribution in [0.3, 0.4) is 0 Å². The zero-order chi connectivity index (χ0) is 19.7. The van der Waals surface area contributed by atoms with E-state index in [9.17, 15) is 13.2 Å². The molecule has 1 amide bonds. The molecule has 1 aromatic heterocycles. The van der Waals surface area contributed by atoms with E-state index in [1.54, 1.807) is 36.1 Å². The van der Waals surface area contributed by atoms with Gasteiger partial charge in [0.1, 0.15) is 5.01 Å². The zero-order valence-electron chi connectivity index (χ0n) is 15.1. The molecule has 2 aromatic carbocycles. The lowest BCUT2D eigenvalue weighted by Crippen LogP contribution is -2.36. The number of nitrogens with one attached hydrogen (secondary N) is 1. The standard InChI is InChI=1S/C19H18N4O3S2/c1-13-20-21-19(27-13)22-28(25,26)17-8-7-14-9-10-23(12-16(14)11-17)18(24)15-5-3-2-4-6-15/h2-8,11H,9-10,12H2,1H3,(H,21,22). The van der Waals surface area contributed by atoms with Crippen molar-refractivity contribution in [1.82, 2.24) is 15.1 Å². The lowest BCUT2D eigenvalue weighted by atomic mass is 9.99. The molecule has 0 spiro atoms. The van der Waals surface area contributed by atoms with Crippen molar-refractivity contribution < 1.29 is 13.2 Å². The number of carbonyl (C=O) groups is 1. The summed E-state index contributed by atoms with van der Waals surface area (Å²) in [4.78, 5) is 14.6. The molecule has 0 fully saturated rings. The Balaban J connectivity index is 1.57. The predicted molar refractivity (Wildman–Crippen MR) is 107 cm³/mol. The summed E-state index contributed by atoms with van der Waals surface area (Å²) in [6, 6.07) is 14.1. The van der Waals surface area contributed by atoms with E-state index in [4.69, 9.17) is 0 Å². The van der Waals surface area contributed by atoms with E-state index >= 15 is 0 Å². The number of carbonyl (C=O) groups excluding carboxylic acids is 1. The zero-order valence-corrected chi connectivity index (χ0v) is 16.8. The molecule has 0 atom stereocenters. The summed E-state index contributed by atoms with van der Waals surface area (Å²) in [6.45, 7) is 2.74. The van der Waals surface area contributed by atoms with Gasteiger partial charge in [0.25, 0.3) is 15.9 Å². The monoisotopic (exact) mass is 414 g/mol. The summed E-state index contributed by atoms with van der Waals surface area (Å²) in [5.41, 5.74) is 2.53. The van der Waals surface area contributed by atoms with Gasteiger partial charge in [-0.2, -0.15) is 0 Å². The molecule has 28 heavy (non-hydrogen) atoms. The van der Waals surface area contributed by atoms with Crippen LogP contribution in [-0.2, 0) is 23.0 Å². The minimum atomic E-state index is -3.77. The number of aryl methyl sites for hydroxylation is 1. The highest BCUT2D eigenvalue weighted by Crippen LogP contribution is 2.25. The summed E-state index contributed by atoms with van der Waals surface area (Å²) in [6.07, 6.45) is 0.692. The number of benzene rings is 2. The molecule has 9 heteroatoms. The molecule has 7 nitrogen and oxygen atoms in total. The van der Waals surface area contributed by atoms with Crippen LogP contribution in [0, 0.1) is 6.92 Å². The first-order valence-corrected chi connectivity index (χ1v) is 11.0. The fraction of sp³-hybridized carbons (Fsp3) is 0.211. The molecule has 1 aliphatic rings. The third-order valence-electron chi connectivity index (χ3n) is 4.56. The Labute approximate surface area is 167 Å². The Bertz CT molecular complexity index is 1130. The number of fused-ring (bicyclic) bond motifs is 1. The average Bonchev–Trinajstić information content (AvgIpc) is 3.11.